The third-order valence-corrected chi connectivity index (χ3v) is 2.89. The van der Waals surface area contributed by atoms with Crippen LogP contribution in [0.25, 0.3) is 11.1 Å². The Morgan fingerprint density at radius 2 is 1.61 bits per heavy atom. The largest absolute Gasteiger partial charge is 0.423 e. The summed E-state index contributed by atoms with van der Waals surface area (Å²) in [5.41, 5.74) is 9.91. The molecular formula is C13H12Cl2F3N3O2. The minimum absolute atomic E-state index is 0. The number of nitrogens with two attached hydrogens (primary N) is 2. The van der Waals surface area contributed by atoms with E-state index in [9.17, 15) is 23.3 Å². The second kappa shape index (κ2) is 7.38. The number of rotatable bonds is 2. The fraction of sp³-hybridized carbons (Fsp3) is 0.0769. The highest BCUT2D eigenvalue weighted by molar-refractivity contribution is 5.85. The number of nitro groups is 1. The number of hydrogen-bond acceptors (Lipinski definition) is 4. The Bertz CT molecular complexity index is 724. The molecule has 2 rings (SSSR count). The van der Waals surface area contributed by atoms with E-state index in [0.29, 0.717) is 11.8 Å². The minimum Gasteiger partial charge on any atom is -0.399 e. The van der Waals surface area contributed by atoms with E-state index in [-0.39, 0.29) is 41.6 Å². The summed E-state index contributed by atoms with van der Waals surface area (Å²) in [6.07, 6.45) is -4.84. The van der Waals surface area contributed by atoms with E-state index in [1.165, 1.54) is 24.3 Å². The van der Waals surface area contributed by atoms with Crippen LogP contribution in [0.4, 0.5) is 30.2 Å². The standard InChI is InChI=1S/C13H10F3N3O2.2ClH/c14-13(15,16)10-5-7(1-4-12(10)19(20)21)9-6-8(17)2-3-11(9)18;;/h1-6H,17-18H2;2*1H. The first-order valence-electron chi connectivity index (χ1n) is 5.71. The van der Waals surface area contributed by atoms with Crippen LogP contribution in [0.5, 0.6) is 0 Å². The first kappa shape index (κ1) is 20.8. The summed E-state index contributed by atoms with van der Waals surface area (Å²) in [7, 11) is 0. The van der Waals surface area contributed by atoms with Gasteiger partial charge < -0.3 is 11.5 Å². The maximum Gasteiger partial charge on any atom is 0.423 e. The molecule has 2 aromatic rings. The van der Waals surface area contributed by atoms with Gasteiger partial charge in [-0.15, -0.1) is 24.8 Å². The molecule has 0 heterocycles. The van der Waals surface area contributed by atoms with E-state index in [1.807, 2.05) is 0 Å². The number of halogens is 5. The van der Waals surface area contributed by atoms with Gasteiger partial charge in [0.1, 0.15) is 5.56 Å². The molecule has 0 saturated heterocycles. The highest BCUT2D eigenvalue weighted by atomic mass is 35.5. The van der Waals surface area contributed by atoms with Gasteiger partial charge >= 0.3 is 6.18 Å². The summed E-state index contributed by atoms with van der Waals surface area (Å²) in [5.74, 6) is 0. The molecular weight excluding hydrogens is 358 g/mol. The zero-order valence-electron chi connectivity index (χ0n) is 11.3. The van der Waals surface area contributed by atoms with Crippen molar-refractivity contribution < 1.29 is 18.1 Å². The maximum atomic E-state index is 12.9. The molecule has 0 aliphatic rings. The molecule has 0 saturated carbocycles. The van der Waals surface area contributed by atoms with Gasteiger partial charge in [-0.05, 0) is 35.9 Å². The van der Waals surface area contributed by atoms with Gasteiger partial charge in [0.2, 0.25) is 0 Å². The van der Waals surface area contributed by atoms with Crippen molar-refractivity contribution in [2.75, 3.05) is 11.5 Å². The van der Waals surface area contributed by atoms with Crippen LogP contribution < -0.4 is 11.5 Å². The van der Waals surface area contributed by atoms with Crippen LogP contribution in [-0.2, 0) is 6.18 Å². The Labute approximate surface area is 141 Å². The van der Waals surface area contributed by atoms with Crippen molar-refractivity contribution in [1.29, 1.82) is 0 Å². The van der Waals surface area contributed by atoms with Crippen LogP contribution in [0.2, 0.25) is 0 Å². The quantitative estimate of drug-likeness (QED) is 0.468. The number of benzene rings is 2. The SMILES string of the molecule is Cl.Cl.Nc1ccc(N)c(-c2ccc([N+](=O)[O-])c(C(F)(F)F)c2)c1. The van der Waals surface area contributed by atoms with Crippen LogP contribution >= 0.6 is 24.8 Å². The van der Waals surface area contributed by atoms with Crippen LogP contribution in [0.3, 0.4) is 0 Å². The number of nitrogens with zero attached hydrogens (tertiary/aromatic N) is 1. The van der Waals surface area contributed by atoms with E-state index in [4.69, 9.17) is 11.5 Å². The second-order valence-electron chi connectivity index (χ2n) is 4.33. The van der Waals surface area contributed by atoms with Gasteiger partial charge in [0.15, 0.2) is 0 Å². The summed E-state index contributed by atoms with van der Waals surface area (Å²) in [6, 6.07) is 7.09. The van der Waals surface area contributed by atoms with E-state index < -0.39 is 22.4 Å². The lowest BCUT2D eigenvalue weighted by Gasteiger charge is -2.11. The zero-order chi connectivity index (χ0) is 15.8. The Balaban J connectivity index is 0.00000242. The van der Waals surface area contributed by atoms with Gasteiger partial charge in [0.05, 0.1) is 4.92 Å². The van der Waals surface area contributed by atoms with Crippen LogP contribution in [0, 0.1) is 10.1 Å². The normalized spacial score (nSPS) is 10.4. The topological polar surface area (TPSA) is 95.2 Å². The Morgan fingerprint density at radius 1 is 1.00 bits per heavy atom. The molecule has 5 nitrogen and oxygen atoms in total. The molecule has 0 aliphatic heterocycles. The summed E-state index contributed by atoms with van der Waals surface area (Å²) >= 11 is 0. The van der Waals surface area contributed by atoms with Gasteiger partial charge in [0.25, 0.3) is 5.69 Å². The molecule has 0 amide bonds. The number of nitro benzene ring substituents is 1. The highest BCUT2D eigenvalue weighted by Gasteiger charge is 2.38. The van der Waals surface area contributed by atoms with Crippen molar-refractivity contribution in [1.82, 2.24) is 0 Å². The molecule has 0 fully saturated rings. The minimum atomic E-state index is -4.84. The molecule has 0 aliphatic carbocycles. The van der Waals surface area contributed by atoms with Crippen molar-refractivity contribution in [2.24, 2.45) is 0 Å². The van der Waals surface area contributed by atoms with Crippen LogP contribution in [0.15, 0.2) is 36.4 Å². The second-order valence-corrected chi connectivity index (χ2v) is 4.33. The van der Waals surface area contributed by atoms with Gasteiger partial charge in [0, 0.05) is 23.0 Å². The number of hydrogen-bond donors (Lipinski definition) is 2. The predicted octanol–water partition coefficient (Wildman–Crippen LogP) is 4.29. The van der Waals surface area contributed by atoms with E-state index >= 15 is 0 Å². The average Bonchev–Trinajstić information content (AvgIpc) is 2.40. The molecule has 0 aromatic heterocycles. The van der Waals surface area contributed by atoms with Crippen molar-refractivity contribution in [3.8, 4) is 11.1 Å². The third-order valence-electron chi connectivity index (χ3n) is 2.89. The Hall–Kier alpha value is -2.19. The zero-order valence-corrected chi connectivity index (χ0v) is 13.0. The van der Waals surface area contributed by atoms with Gasteiger partial charge in [-0.1, -0.05) is 0 Å². The summed E-state index contributed by atoms with van der Waals surface area (Å²) < 4.78 is 38.8. The molecule has 10 heteroatoms. The molecule has 2 aromatic carbocycles. The monoisotopic (exact) mass is 369 g/mol. The summed E-state index contributed by atoms with van der Waals surface area (Å²) in [6.45, 7) is 0. The first-order valence-corrected chi connectivity index (χ1v) is 5.71. The molecule has 0 atom stereocenters. The first-order chi connectivity index (χ1) is 9.70. The molecule has 0 spiro atoms. The average molecular weight is 370 g/mol. The third kappa shape index (κ3) is 4.40. The predicted molar refractivity (Wildman–Crippen MR) is 86.9 cm³/mol. The lowest BCUT2D eigenvalue weighted by molar-refractivity contribution is -0.388. The van der Waals surface area contributed by atoms with E-state index in [2.05, 4.69) is 0 Å². The maximum absolute atomic E-state index is 12.9. The fourth-order valence-electron chi connectivity index (χ4n) is 1.91. The molecule has 0 unspecified atom stereocenters. The van der Waals surface area contributed by atoms with Crippen LogP contribution in [-0.4, -0.2) is 4.92 Å². The lowest BCUT2D eigenvalue weighted by atomic mass is 9.99. The van der Waals surface area contributed by atoms with Crippen LogP contribution in [0.1, 0.15) is 5.56 Å². The number of anilines is 2. The van der Waals surface area contributed by atoms with E-state index in [1.54, 1.807) is 0 Å². The van der Waals surface area contributed by atoms with Gasteiger partial charge in [-0.2, -0.15) is 13.2 Å². The van der Waals surface area contributed by atoms with Crippen molar-refractivity contribution in [3.63, 3.8) is 0 Å². The van der Waals surface area contributed by atoms with E-state index in [0.717, 1.165) is 6.07 Å². The lowest BCUT2D eigenvalue weighted by Crippen LogP contribution is -2.09. The summed E-state index contributed by atoms with van der Waals surface area (Å²) in [5, 5.41) is 10.7. The molecule has 4 N–H and O–H groups in total. The van der Waals surface area contributed by atoms with Gasteiger partial charge in [-0.3, -0.25) is 10.1 Å². The molecule has 0 bridgehead atoms. The fourth-order valence-corrected chi connectivity index (χ4v) is 1.91. The smallest absolute Gasteiger partial charge is 0.399 e. The molecule has 0 radical (unpaired) electrons. The van der Waals surface area contributed by atoms with Gasteiger partial charge in [-0.25, -0.2) is 0 Å². The Kier molecular flexibility index (Phi) is 6.68. The van der Waals surface area contributed by atoms with Crippen molar-refractivity contribution >= 4 is 41.9 Å². The molecule has 126 valence electrons. The number of alkyl halides is 3. The number of nitrogen functional groups attached to an aromatic ring is 2. The van der Waals surface area contributed by atoms with Crippen molar-refractivity contribution in [3.05, 3.63) is 52.1 Å². The molecule has 23 heavy (non-hydrogen) atoms. The summed E-state index contributed by atoms with van der Waals surface area (Å²) in [4.78, 5) is 9.62. The highest BCUT2D eigenvalue weighted by Crippen LogP contribution is 2.39. The Morgan fingerprint density at radius 3 is 2.13 bits per heavy atom. The van der Waals surface area contributed by atoms with Crippen molar-refractivity contribution in [2.45, 2.75) is 6.18 Å².